The van der Waals surface area contributed by atoms with Crippen molar-refractivity contribution in [1.82, 2.24) is 5.32 Å². The first-order chi connectivity index (χ1) is 12.5. The van der Waals surface area contributed by atoms with E-state index in [1.54, 1.807) is 7.11 Å². The van der Waals surface area contributed by atoms with Crippen LogP contribution >= 0.6 is 0 Å². The highest BCUT2D eigenvalue weighted by molar-refractivity contribution is 5.81. The lowest BCUT2D eigenvalue weighted by Crippen LogP contribution is -2.40. The Morgan fingerprint density at radius 3 is 2.27 bits per heavy atom. The summed E-state index contributed by atoms with van der Waals surface area (Å²) in [5.74, 6) is 1.48. The van der Waals surface area contributed by atoms with Gasteiger partial charge in [0.05, 0.1) is 13.2 Å². The summed E-state index contributed by atoms with van der Waals surface area (Å²) in [6, 6.07) is 13.7. The number of hydrogen-bond donors (Lipinski definition) is 1. The van der Waals surface area contributed by atoms with E-state index in [1.165, 1.54) is 0 Å². The zero-order valence-electron chi connectivity index (χ0n) is 16.3. The number of amides is 1. The quantitative estimate of drug-likeness (QED) is 0.744. The molecule has 2 atom stereocenters. The van der Waals surface area contributed by atoms with E-state index in [9.17, 15) is 4.79 Å². The Labute approximate surface area is 156 Å². The SMILES string of the molecule is CC[C@H](Oc1ccc(C)cc1)C(=O)N[C@@H](CC)c1ccc(OC)c(C)c1. The fourth-order valence-electron chi connectivity index (χ4n) is 2.91. The molecule has 4 heteroatoms. The van der Waals surface area contributed by atoms with Crippen LogP contribution in [0, 0.1) is 13.8 Å². The predicted octanol–water partition coefficient (Wildman–Crippen LogP) is 4.74. The summed E-state index contributed by atoms with van der Waals surface area (Å²) in [4.78, 5) is 12.7. The molecule has 0 unspecified atom stereocenters. The third-order valence-corrected chi connectivity index (χ3v) is 4.51. The van der Waals surface area contributed by atoms with Gasteiger partial charge in [-0.05, 0) is 56.0 Å². The minimum Gasteiger partial charge on any atom is -0.496 e. The van der Waals surface area contributed by atoms with Gasteiger partial charge in [-0.2, -0.15) is 0 Å². The number of hydrogen-bond acceptors (Lipinski definition) is 3. The maximum atomic E-state index is 12.7. The number of nitrogens with one attached hydrogen (secondary N) is 1. The molecule has 0 aliphatic carbocycles. The molecule has 0 aromatic heterocycles. The van der Waals surface area contributed by atoms with Crippen molar-refractivity contribution in [1.29, 1.82) is 0 Å². The number of rotatable bonds is 8. The summed E-state index contributed by atoms with van der Waals surface area (Å²) >= 11 is 0. The lowest BCUT2D eigenvalue weighted by molar-refractivity contribution is -0.128. The maximum absolute atomic E-state index is 12.7. The summed E-state index contributed by atoms with van der Waals surface area (Å²) in [7, 11) is 1.66. The van der Waals surface area contributed by atoms with Gasteiger partial charge in [0.25, 0.3) is 5.91 Å². The van der Waals surface area contributed by atoms with Gasteiger partial charge in [-0.1, -0.05) is 43.7 Å². The van der Waals surface area contributed by atoms with Crippen LogP contribution in [0.15, 0.2) is 42.5 Å². The van der Waals surface area contributed by atoms with Crippen LogP contribution in [0.2, 0.25) is 0 Å². The summed E-state index contributed by atoms with van der Waals surface area (Å²) in [6.07, 6.45) is 0.905. The predicted molar refractivity (Wildman–Crippen MR) is 105 cm³/mol. The molecule has 0 fully saturated rings. The van der Waals surface area contributed by atoms with E-state index in [0.717, 1.165) is 28.9 Å². The van der Waals surface area contributed by atoms with Gasteiger partial charge in [0.2, 0.25) is 0 Å². The number of benzene rings is 2. The van der Waals surface area contributed by atoms with Crippen molar-refractivity contribution in [3.63, 3.8) is 0 Å². The molecule has 0 aliphatic heterocycles. The molecule has 0 saturated heterocycles. The van der Waals surface area contributed by atoms with Crippen LogP contribution in [0.1, 0.15) is 49.4 Å². The van der Waals surface area contributed by atoms with E-state index in [4.69, 9.17) is 9.47 Å². The second kappa shape index (κ2) is 9.27. The number of carbonyl (C=O) groups excluding carboxylic acids is 1. The Morgan fingerprint density at radius 2 is 1.73 bits per heavy atom. The van der Waals surface area contributed by atoms with Gasteiger partial charge < -0.3 is 14.8 Å². The van der Waals surface area contributed by atoms with Crippen molar-refractivity contribution in [3.8, 4) is 11.5 Å². The van der Waals surface area contributed by atoms with Crippen LogP contribution in [-0.4, -0.2) is 19.1 Å². The first-order valence-electron chi connectivity index (χ1n) is 9.16. The summed E-state index contributed by atoms with van der Waals surface area (Å²) in [5, 5.41) is 3.13. The zero-order valence-corrected chi connectivity index (χ0v) is 16.3. The monoisotopic (exact) mass is 355 g/mol. The van der Waals surface area contributed by atoms with Crippen molar-refractivity contribution in [2.45, 2.75) is 52.7 Å². The fourth-order valence-corrected chi connectivity index (χ4v) is 2.91. The van der Waals surface area contributed by atoms with Gasteiger partial charge in [0.1, 0.15) is 11.5 Å². The molecule has 2 aromatic rings. The second-order valence-electron chi connectivity index (χ2n) is 6.53. The Balaban J connectivity index is 2.08. The Morgan fingerprint density at radius 1 is 1.04 bits per heavy atom. The number of ether oxygens (including phenoxy) is 2. The smallest absolute Gasteiger partial charge is 0.261 e. The molecule has 0 aliphatic rings. The molecule has 26 heavy (non-hydrogen) atoms. The molecule has 1 N–H and O–H groups in total. The zero-order chi connectivity index (χ0) is 19.1. The summed E-state index contributed by atoms with van der Waals surface area (Å²) < 4.78 is 11.2. The third kappa shape index (κ3) is 5.01. The van der Waals surface area contributed by atoms with E-state index in [2.05, 4.69) is 18.3 Å². The van der Waals surface area contributed by atoms with E-state index in [0.29, 0.717) is 12.2 Å². The minimum atomic E-state index is -0.508. The first-order valence-corrected chi connectivity index (χ1v) is 9.16. The molecule has 1 amide bonds. The van der Waals surface area contributed by atoms with Crippen molar-refractivity contribution in [3.05, 3.63) is 59.2 Å². The van der Waals surface area contributed by atoms with Crippen molar-refractivity contribution >= 4 is 5.91 Å². The van der Waals surface area contributed by atoms with Gasteiger partial charge in [-0.3, -0.25) is 4.79 Å². The van der Waals surface area contributed by atoms with Crippen LogP contribution in [0.5, 0.6) is 11.5 Å². The second-order valence-corrected chi connectivity index (χ2v) is 6.53. The third-order valence-electron chi connectivity index (χ3n) is 4.51. The number of carbonyl (C=O) groups is 1. The largest absolute Gasteiger partial charge is 0.496 e. The molecule has 0 radical (unpaired) electrons. The minimum absolute atomic E-state index is 0.0530. The van der Waals surface area contributed by atoms with E-state index in [-0.39, 0.29) is 11.9 Å². The average molecular weight is 355 g/mol. The first kappa shape index (κ1) is 19.8. The number of methoxy groups -OCH3 is 1. The van der Waals surface area contributed by atoms with Crippen molar-refractivity contribution < 1.29 is 14.3 Å². The molecule has 0 heterocycles. The maximum Gasteiger partial charge on any atom is 0.261 e. The van der Waals surface area contributed by atoms with Crippen LogP contribution in [-0.2, 0) is 4.79 Å². The van der Waals surface area contributed by atoms with Crippen molar-refractivity contribution in [2.75, 3.05) is 7.11 Å². The lowest BCUT2D eigenvalue weighted by atomic mass is 10.0. The highest BCUT2D eigenvalue weighted by Crippen LogP contribution is 2.24. The molecule has 0 spiro atoms. The molecule has 140 valence electrons. The molecule has 2 rings (SSSR count). The highest BCUT2D eigenvalue weighted by Gasteiger charge is 2.22. The summed E-state index contributed by atoms with van der Waals surface area (Å²) in [5.41, 5.74) is 3.29. The Kier molecular flexibility index (Phi) is 7.07. The van der Waals surface area contributed by atoms with E-state index < -0.39 is 6.10 Å². The Hall–Kier alpha value is -2.49. The lowest BCUT2D eigenvalue weighted by Gasteiger charge is -2.23. The van der Waals surface area contributed by atoms with E-state index in [1.807, 2.05) is 57.2 Å². The highest BCUT2D eigenvalue weighted by atomic mass is 16.5. The summed E-state index contributed by atoms with van der Waals surface area (Å²) in [6.45, 7) is 8.05. The van der Waals surface area contributed by atoms with Gasteiger partial charge in [0.15, 0.2) is 6.10 Å². The molecule has 0 bridgehead atoms. The normalized spacial score (nSPS) is 13.0. The van der Waals surface area contributed by atoms with E-state index >= 15 is 0 Å². The van der Waals surface area contributed by atoms with Crippen molar-refractivity contribution in [2.24, 2.45) is 0 Å². The standard InChI is InChI=1S/C22H29NO3/c1-6-19(17-10-13-21(25-5)16(4)14-17)23-22(24)20(7-2)26-18-11-8-15(3)9-12-18/h8-14,19-20H,6-7H2,1-5H3,(H,23,24)/t19-,20-/m0/s1. The molecule has 0 saturated carbocycles. The average Bonchev–Trinajstić information content (AvgIpc) is 2.65. The van der Waals surface area contributed by atoms with Gasteiger partial charge >= 0.3 is 0 Å². The van der Waals surface area contributed by atoms with Crippen LogP contribution in [0.4, 0.5) is 0 Å². The molecular formula is C22H29NO3. The molecule has 4 nitrogen and oxygen atoms in total. The van der Waals surface area contributed by atoms with Crippen LogP contribution in [0.3, 0.4) is 0 Å². The molecule has 2 aromatic carbocycles. The molecular weight excluding hydrogens is 326 g/mol. The van der Waals surface area contributed by atoms with Gasteiger partial charge in [-0.25, -0.2) is 0 Å². The number of aryl methyl sites for hydroxylation is 2. The topological polar surface area (TPSA) is 47.6 Å². The Bertz CT molecular complexity index is 725. The van der Waals surface area contributed by atoms with Crippen LogP contribution in [0.25, 0.3) is 0 Å². The van der Waals surface area contributed by atoms with Gasteiger partial charge in [0, 0.05) is 0 Å². The fraction of sp³-hybridized carbons (Fsp3) is 0.409. The van der Waals surface area contributed by atoms with Gasteiger partial charge in [-0.15, -0.1) is 0 Å². The van der Waals surface area contributed by atoms with Crippen LogP contribution < -0.4 is 14.8 Å².